The van der Waals surface area contributed by atoms with Gasteiger partial charge in [-0.1, -0.05) is 25.1 Å². The smallest absolute Gasteiger partial charge is 0.416 e. The zero-order chi connectivity index (χ0) is 23.9. The Balaban J connectivity index is 2.12. The van der Waals surface area contributed by atoms with Gasteiger partial charge in [-0.25, -0.2) is 8.42 Å². The normalized spacial score (nSPS) is 12.7. The van der Waals surface area contributed by atoms with Gasteiger partial charge >= 0.3 is 6.18 Å². The van der Waals surface area contributed by atoms with Gasteiger partial charge < -0.3 is 15.4 Å². The summed E-state index contributed by atoms with van der Waals surface area (Å²) in [4.78, 5) is 24.8. The average Bonchev–Trinajstić information content (AvgIpc) is 2.69. The van der Waals surface area contributed by atoms with Gasteiger partial charge in [-0.3, -0.25) is 9.59 Å². The van der Waals surface area contributed by atoms with Crippen LogP contribution < -0.4 is 15.4 Å². The summed E-state index contributed by atoms with van der Waals surface area (Å²) in [5, 5.41) is 3.01. The van der Waals surface area contributed by atoms with Gasteiger partial charge in [0.1, 0.15) is 16.8 Å². The molecule has 0 bridgehead atoms. The standard InChI is InChI=1S/C21H23F3N2O5S/c1-3-18(20(28)25-15-9-7-8-14(12-15)21(22,23)24)32(29,30)13-19(27)26-16-10-5-6-11-17(16)31-4-2/h5-12,18H,3-4,13H2,1-2H3,(H,25,28)(H,26,27). The van der Waals surface area contributed by atoms with Crippen molar-refractivity contribution in [1.82, 2.24) is 0 Å². The van der Waals surface area contributed by atoms with E-state index >= 15 is 0 Å². The van der Waals surface area contributed by atoms with Gasteiger partial charge in [0.05, 0.1) is 17.9 Å². The maximum absolute atomic E-state index is 12.9. The zero-order valence-corrected chi connectivity index (χ0v) is 18.2. The third-order valence-corrected chi connectivity index (χ3v) is 6.43. The fourth-order valence-electron chi connectivity index (χ4n) is 2.92. The molecule has 0 saturated carbocycles. The number of hydrogen-bond donors (Lipinski definition) is 2. The second kappa shape index (κ2) is 10.5. The first-order valence-electron chi connectivity index (χ1n) is 9.69. The fourth-order valence-corrected chi connectivity index (χ4v) is 4.45. The molecular formula is C21H23F3N2O5S. The van der Waals surface area contributed by atoms with E-state index in [1.165, 1.54) is 19.1 Å². The Hall–Kier alpha value is -3.08. The molecule has 0 aliphatic heterocycles. The van der Waals surface area contributed by atoms with E-state index in [1.807, 2.05) is 0 Å². The number of nitrogens with one attached hydrogen (secondary N) is 2. The summed E-state index contributed by atoms with van der Waals surface area (Å²) in [7, 11) is -4.26. The van der Waals surface area contributed by atoms with Crippen LogP contribution in [0.2, 0.25) is 0 Å². The Labute approximate surface area is 183 Å². The van der Waals surface area contributed by atoms with Gasteiger partial charge in [-0.05, 0) is 43.7 Å². The molecule has 2 N–H and O–H groups in total. The van der Waals surface area contributed by atoms with E-state index in [9.17, 15) is 31.2 Å². The maximum atomic E-state index is 12.9. The SMILES string of the molecule is CCOc1ccccc1NC(=O)CS(=O)(=O)C(CC)C(=O)Nc1cccc(C(F)(F)F)c1. The molecule has 0 saturated heterocycles. The molecule has 0 fully saturated rings. The Morgan fingerprint density at radius 1 is 1.03 bits per heavy atom. The topological polar surface area (TPSA) is 102 Å². The van der Waals surface area contributed by atoms with Crippen LogP contribution in [0.3, 0.4) is 0 Å². The summed E-state index contributed by atoms with van der Waals surface area (Å²) in [6.45, 7) is 3.51. The molecule has 0 spiro atoms. The van der Waals surface area contributed by atoms with Crippen LogP contribution in [-0.2, 0) is 25.6 Å². The molecule has 0 aliphatic rings. The molecule has 11 heteroatoms. The number of ether oxygens (including phenoxy) is 1. The van der Waals surface area contributed by atoms with Crippen LogP contribution >= 0.6 is 0 Å². The number of benzene rings is 2. The predicted molar refractivity (Wildman–Crippen MR) is 114 cm³/mol. The lowest BCUT2D eigenvalue weighted by molar-refractivity contribution is -0.137. The van der Waals surface area contributed by atoms with Crippen molar-refractivity contribution < 1.29 is 35.9 Å². The van der Waals surface area contributed by atoms with E-state index in [1.54, 1.807) is 25.1 Å². The largest absolute Gasteiger partial charge is 0.492 e. The highest BCUT2D eigenvalue weighted by atomic mass is 32.2. The second-order valence-electron chi connectivity index (χ2n) is 6.75. The first kappa shape index (κ1) is 25.2. The number of para-hydroxylation sites is 2. The van der Waals surface area contributed by atoms with E-state index in [2.05, 4.69) is 10.6 Å². The molecule has 0 radical (unpaired) electrons. The lowest BCUT2D eigenvalue weighted by Gasteiger charge is -2.17. The Morgan fingerprint density at radius 2 is 1.72 bits per heavy atom. The highest BCUT2D eigenvalue weighted by molar-refractivity contribution is 7.93. The lowest BCUT2D eigenvalue weighted by Crippen LogP contribution is -2.39. The molecule has 2 aromatic rings. The molecule has 1 atom stereocenters. The number of sulfone groups is 1. The summed E-state index contributed by atoms with van der Waals surface area (Å²) >= 11 is 0. The maximum Gasteiger partial charge on any atom is 0.416 e. The molecule has 32 heavy (non-hydrogen) atoms. The van der Waals surface area contributed by atoms with Crippen molar-refractivity contribution in [2.75, 3.05) is 23.0 Å². The van der Waals surface area contributed by atoms with Crippen molar-refractivity contribution in [3.63, 3.8) is 0 Å². The molecule has 174 valence electrons. The number of rotatable bonds is 9. The number of carbonyl (C=O) groups excluding carboxylic acids is 2. The summed E-state index contributed by atoms with van der Waals surface area (Å²) in [5.74, 6) is -2.52. The lowest BCUT2D eigenvalue weighted by atomic mass is 10.2. The highest BCUT2D eigenvalue weighted by Crippen LogP contribution is 2.31. The van der Waals surface area contributed by atoms with Crippen LogP contribution in [0.5, 0.6) is 5.75 Å². The predicted octanol–water partition coefficient (Wildman–Crippen LogP) is 3.87. The Morgan fingerprint density at radius 3 is 2.34 bits per heavy atom. The molecule has 7 nitrogen and oxygen atoms in total. The van der Waals surface area contributed by atoms with Crippen molar-refractivity contribution in [3.05, 3.63) is 54.1 Å². The van der Waals surface area contributed by atoms with Crippen LogP contribution in [0.1, 0.15) is 25.8 Å². The summed E-state index contributed by atoms with van der Waals surface area (Å²) in [6.07, 6.45) is -4.79. The Bertz CT molecular complexity index is 1070. The van der Waals surface area contributed by atoms with Crippen molar-refractivity contribution in [2.24, 2.45) is 0 Å². The number of carbonyl (C=O) groups is 2. The molecule has 0 aromatic heterocycles. The first-order chi connectivity index (χ1) is 15.0. The van der Waals surface area contributed by atoms with Crippen LogP contribution in [-0.4, -0.2) is 37.8 Å². The number of anilines is 2. The summed E-state index contributed by atoms with van der Waals surface area (Å²) < 4.78 is 69.3. The molecule has 2 rings (SSSR count). The van der Waals surface area contributed by atoms with Crippen LogP contribution in [0, 0.1) is 0 Å². The molecule has 2 aromatic carbocycles. The average molecular weight is 472 g/mol. The van der Waals surface area contributed by atoms with E-state index in [0.717, 1.165) is 12.1 Å². The third-order valence-electron chi connectivity index (χ3n) is 4.35. The fraction of sp³-hybridized carbons (Fsp3) is 0.333. The monoisotopic (exact) mass is 472 g/mol. The van der Waals surface area contributed by atoms with Crippen molar-refractivity contribution in [3.8, 4) is 5.75 Å². The van der Waals surface area contributed by atoms with Gasteiger partial charge in [0, 0.05) is 5.69 Å². The Kier molecular flexibility index (Phi) is 8.25. The number of hydrogen-bond acceptors (Lipinski definition) is 5. The van der Waals surface area contributed by atoms with Gasteiger partial charge in [0.15, 0.2) is 9.84 Å². The zero-order valence-electron chi connectivity index (χ0n) is 17.4. The van der Waals surface area contributed by atoms with Crippen LogP contribution in [0.25, 0.3) is 0 Å². The number of halogens is 3. The van der Waals surface area contributed by atoms with Crippen LogP contribution in [0.15, 0.2) is 48.5 Å². The van der Waals surface area contributed by atoms with Gasteiger partial charge in [0.25, 0.3) is 0 Å². The van der Waals surface area contributed by atoms with Crippen molar-refractivity contribution >= 4 is 33.0 Å². The van der Waals surface area contributed by atoms with Crippen LogP contribution in [0.4, 0.5) is 24.5 Å². The molecule has 1 unspecified atom stereocenters. The number of alkyl halides is 3. The van der Waals surface area contributed by atoms with E-state index < -0.39 is 44.4 Å². The molecule has 0 heterocycles. The highest BCUT2D eigenvalue weighted by Gasteiger charge is 2.34. The minimum Gasteiger partial charge on any atom is -0.492 e. The number of amides is 2. The molecule has 2 amide bonds. The van der Waals surface area contributed by atoms with Gasteiger partial charge in [-0.15, -0.1) is 0 Å². The first-order valence-corrected chi connectivity index (χ1v) is 11.4. The van der Waals surface area contributed by atoms with Crippen molar-refractivity contribution in [2.45, 2.75) is 31.7 Å². The van der Waals surface area contributed by atoms with Gasteiger partial charge in [-0.2, -0.15) is 13.2 Å². The summed E-state index contributed by atoms with van der Waals surface area (Å²) in [5.41, 5.74) is -0.914. The van der Waals surface area contributed by atoms with Gasteiger partial charge in [0.2, 0.25) is 11.8 Å². The quantitative estimate of drug-likeness (QED) is 0.577. The van der Waals surface area contributed by atoms with E-state index in [-0.39, 0.29) is 17.8 Å². The summed E-state index contributed by atoms with van der Waals surface area (Å²) in [6, 6.07) is 10.3. The minimum atomic E-state index is -4.62. The minimum absolute atomic E-state index is 0.171. The third kappa shape index (κ3) is 6.71. The van der Waals surface area contributed by atoms with E-state index in [0.29, 0.717) is 18.4 Å². The second-order valence-corrected chi connectivity index (χ2v) is 8.93. The van der Waals surface area contributed by atoms with Crippen molar-refractivity contribution in [1.29, 1.82) is 0 Å². The molecule has 0 aliphatic carbocycles. The van der Waals surface area contributed by atoms with E-state index in [4.69, 9.17) is 4.74 Å². The molecular weight excluding hydrogens is 449 g/mol.